The summed E-state index contributed by atoms with van der Waals surface area (Å²) in [5.74, 6) is -0.461. The SMILES string of the molecule is CCCCCCCCC(=O)N(C)C[C@H](C)[C@@H](O)[C@H](C)[C@H](O)CO. The van der Waals surface area contributed by atoms with Crippen LogP contribution >= 0.6 is 0 Å². The van der Waals surface area contributed by atoms with E-state index in [0.717, 1.165) is 12.8 Å². The molecule has 0 aromatic carbocycles. The number of carbonyl (C=O) groups excluding carboxylic acids is 1. The third-order valence-corrected chi connectivity index (χ3v) is 4.65. The van der Waals surface area contributed by atoms with Gasteiger partial charge in [-0.25, -0.2) is 0 Å². The Labute approximate surface area is 141 Å². The van der Waals surface area contributed by atoms with Crippen molar-refractivity contribution in [3.8, 4) is 0 Å². The van der Waals surface area contributed by atoms with Gasteiger partial charge in [-0.1, -0.05) is 52.9 Å². The third-order valence-electron chi connectivity index (χ3n) is 4.65. The maximum absolute atomic E-state index is 12.1. The lowest BCUT2D eigenvalue weighted by Gasteiger charge is -2.30. The maximum Gasteiger partial charge on any atom is 0.222 e. The van der Waals surface area contributed by atoms with Crippen LogP contribution in [0.4, 0.5) is 0 Å². The van der Waals surface area contributed by atoms with E-state index in [1.807, 2.05) is 6.92 Å². The van der Waals surface area contributed by atoms with Gasteiger partial charge < -0.3 is 20.2 Å². The van der Waals surface area contributed by atoms with Crippen LogP contribution in [0.5, 0.6) is 0 Å². The number of hydrogen-bond acceptors (Lipinski definition) is 4. The van der Waals surface area contributed by atoms with Gasteiger partial charge in [0.15, 0.2) is 0 Å². The molecule has 23 heavy (non-hydrogen) atoms. The number of rotatable bonds is 13. The van der Waals surface area contributed by atoms with E-state index >= 15 is 0 Å². The van der Waals surface area contributed by atoms with Crippen molar-refractivity contribution < 1.29 is 20.1 Å². The highest BCUT2D eigenvalue weighted by molar-refractivity contribution is 5.75. The first-order valence-electron chi connectivity index (χ1n) is 9.06. The molecule has 0 aromatic rings. The predicted molar refractivity (Wildman–Crippen MR) is 93.1 cm³/mol. The summed E-state index contributed by atoms with van der Waals surface area (Å²) < 4.78 is 0. The normalized spacial score (nSPS) is 16.7. The van der Waals surface area contributed by atoms with Crippen LogP contribution in [0.15, 0.2) is 0 Å². The second-order valence-corrected chi connectivity index (χ2v) is 6.87. The number of unbranched alkanes of at least 4 members (excludes halogenated alkanes) is 5. The molecule has 0 rings (SSSR count). The summed E-state index contributed by atoms with van der Waals surface area (Å²) in [5.41, 5.74) is 0. The van der Waals surface area contributed by atoms with Crippen molar-refractivity contribution >= 4 is 5.91 Å². The molecule has 0 heterocycles. The lowest BCUT2D eigenvalue weighted by atomic mass is 9.89. The minimum atomic E-state index is -0.934. The lowest BCUT2D eigenvalue weighted by Crippen LogP contribution is -2.41. The first-order chi connectivity index (χ1) is 10.8. The monoisotopic (exact) mass is 331 g/mol. The molecule has 0 aliphatic heterocycles. The summed E-state index contributed by atoms with van der Waals surface area (Å²) in [5, 5.41) is 28.8. The van der Waals surface area contributed by atoms with Crippen LogP contribution in [0.1, 0.15) is 65.7 Å². The third kappa shape index (κ3) is 9.28. The lowest BCUT2D eigenvalue weighted by molar-refractivity contribution is -0.131. The molecule has 1 amide bonds. The van der Waals surface area contributed by atoms with E-state index in [0.29, 0.717) is 13.0 Å². The first kappa shape index (κ1) is 22.4. The molecule has 0 aromatic heterocycles. The van der Waals surface area contributed by atoms with Gasteiger partial charge in [0.25, 0.3) is 0 Å². The molecule has 0 aliphatic carbocycles. The van der Waals surface area contributed by atoms with Gasteiger partial charge in [-0.3, -0.25) is 4.79 Å². The van der Waals surface area contributed by atoms with Crippen molar-refractivity contribution in [2.45, 2.75) is 77.9 Å². The average Bonchev–Trinajstić information content (AvgIpc) is 2.55. The standard InChI is InChI=1S/C18H37NO4/c1-5-6-7-8-9-10-11-17(22)19(4)12-14(2)18(23)15(3)16(21)13-20/h14-16,18,20-21,23H,5-13H2,1-4H3/t14-,15+,16+,18+/m0/s1. The Morgan fingerprint density at radius 1 is 1.04 bits per heavy atom. The van der Waals surface area contributed by atoms with Crippen molar-refractivity contribution in [3.05, 3.63) is 0 Å². The van der Waals surface area contributed by atoms with Gasteiger partial charge >= 0.3 is 0 Å². The van der Waals surface area contributed by atoms with Crippen molar-refractivity contribution in [2.75, 3.05) is 20.2 Å². The van der Waals surface area contributed by atoms with Crippen molar-refractivity contribution in [2.24, 2.45) is 11.8 Å². The summed E-state index contributed by atoms with van der Waals surface area (Å²) in [7, 11) is 1.76. The summed E-state index contributed by atoms with van der Waals surface area (Å²) in [6, 6.07) is 0. The van der Waals surface area contributed by atoms with Crippen molar-refractivity contribution in [1.82, 2.24) is 4.90 Å². The molecule has 0 aliphatic rings. The summed E-state index contributed by atoms with van der Waals surface area (Å²) in [4.78, 5) is 13.8. The molecule has 0 spiro atoms. The first-order valence-corrected chi connectivity index (χ1v) is 9.06. The number of aliphatic hydroxyl groups is 3. The smallest absolute Gasteiger partial charge is 0.222 e. The van der Waals surface area contributed by atoms with Crippen LogP contribution in [0, 0.1) is 11.8 Å². The number of nitrogens with zero attached hydrogens (tertiary/aromatic N) is 1. The van der Waals surface area contributed by atoms with Gasteiger partial charge in [0.2, 0.25) is 5.91 Å². The molecule has 4 atom stereocenters. The zero-order chi connectivity index (χ0) is 17.8. The zero-order valence-electron chi connectivity index (χ0n) is 15.4. The molecule has 0 radical (unpaired) electrons. The van der Waals surface area contributed by atoms with Crippen molar-refractivity contribution in [3.63, 3.8) is 0 Å². The molecular formula is C18H37NO4. The van der Waals surface area contributed by atoms with Crippen molar-refractivity contribution in [1.29, 1.82) is 0 Å². The Balaban J connectivity index is 4.05. The highest BCUT2D eigenvalue weighted by Gasteiger charge is 2.27. The summed E-state index contributed by atoms with van der Waals surface area (Å²) in [6.45, 7) is 5.85. The second kappa shape index (κ2) is 12.7. The number of aliphatic hydroxyl groups excluding tert-OH is 3. The topological polar surface area (TPSA) is 81.0 Å². The van der Waals surface area contributed by atoms with E-state index in [1.54, 1.807) is 18.9 Å². The summed E-state index contributed by atoms with van der Waals surface area (Å²) >= 11 is 0. The molecule has 0 saturated carbocycles. The van der Waals surface area contributed by atoms with E-state index in [2.05, 4.69) is 6.92 Å². The van der Waals surface area contributed by atoms with Crippen LogP contribution in [-0.2, 0) is 4.79 Å². The molecule has 5 heteroatoms. The van der Waals surface area contributed by atoms with Gasteiger partial charge in [-0.05, 0) is 12.3 Å². The van der Waals surface area contributed by atoms with E-state index in [9.17, 15) is 15.0 Å². The minimum Gasteiger partial charge on any atom is -0.394 e. The van der Waals surface area contributed by atoms with E-state index < -0.39 is 18.1 Å². The Morgan fingerprint density at radius 2 is 1.61 bits per heavy atom. The molecule has 0 bridgehead atoms. The molecule has 0 saturated heterocycles. The minimum absolute atomic E-state index is 0.106. The van der Waals surface area contributed by atoms with Crippen LogP contribution < -0.4 is 0 Å². The number of hydrogen-bond donors (Lipinski definition) is 3. The second-order valence-electron chi connectivity index (χ2n) is 6.87. The molecule has 0 fully saturated rings. The Kier molecular flexibility index (Phi) is 12.4. The Morgan fingerprint density at radius 3 is 2.17 bits per heavy atom. The van der Waals surface area contributed by atoms with Gasteiger partial charge in [0.05, 0.1) is 18.8 Å². The molecule has 3 N–H and O–H groups in total. The number of carbonyl (C=O) groups is 1. The predicted octanol–water partition coefficient (Wildman–Crippen LogP) is 2.18. The van der Waals surface area contributed by atoms with Crippen LogP contribution in [0.3, 0.4) is 0 Å². The average molecular weight is 331 g/mol. The van der Waals surface area contributed by atoms with Crippen LogP contribution in [0.2, 0.25) is 0 Å². The van der Waals surface area contributed by atoms with E-state index in [1.165, 1.54) is 25.7 Å². The fourth-order valence-electron chi connectivity index (χ4n) is 2.80. The van der Waals surface area contributed by atoms with Gasteiger partial charge in [-0.15, -0.1) is 0 Å². The van der Waals surface area contributed by atoms with Gasteiger partial charge in [0.1, 0.15) is 0 Å². The fraction of sp³-hybridized carbons (Fsp3) is 0.944. The quantitative estimate of drug-likeness (QED) is 0.452. The highest BCUT2D eigenvalue weighted by Crippen LogP contribution is 2.18. The Hall–Kier alpha value is -0.650. The fourth-order valence-corrected chi connectivity index (χ4v) is 2.80. The van der Waals surface area contributed by atoms with E-state index in [-0.39, 0.29) is 18.4 Å². The van der Waals surface area contributed by atoms with Crippen LogP contribution in [-0.4, -0.2) is 58.5 Å². The number of amides is 1. The molecule has 0 unspecified atom stereocenters. The molecule has 5 nitrogen and oxygen atoms in total. The molecular weight excluding hydrogens is 294 g/mol. The molecule has 138 valence electrons. The maximum atomic E-state index is 12.1. The zero-order valence-corrected chi connectivity index (χ0v) is 15.4. The van der Waals surface area contributed by atoms with Gasteiger partial charge in [-0.2, -0.15) is 0 Å². The van der Waals surface area contributed by atoms with E-state index in [4.69, 9.17) is 5.11 Å². The summed E-state index contributed by atoms with van der Waals surface area (Å²) in [6.07, 6.45) is 5.82. The highest BCUT2D eigenvalue weighted by atomic mass is 16.3. The largest absolute Gasteiger partial charge is 0.394 e. The Bertz CT molecular complexity index is 311. The van der Waals surface area contributed by atoms with Gasteiger partial charge in [0, 0.05) is 25.9 Å². The van der Waals surface area contributed by atoms with Crippen LogP contribution in [0.25, 0.3) is 0 Å².